The number of ketones is 1. The van der Waals surface area contributed by atoms with Crippen LogP contribution in [0.5, 0.6) is 0 Å². The SMILES string of the molecule is CC(=O)CCCCC1(CC(=O)Nc2ccc(Cl)cc2)CCCCC1. The molecule has 1 saturated carbocycles. The molecule has 132 valence electrons. The second kappa shape index (κ2) is 9.22. The predicted octanol–water partition coefficient (Wildman–Crippen LogP) is 5.77. The van der Waals surface area contributed by atoms with E-state index >= 15 is 0 Å². The topological polar surface area (TPSA) is 46.2 Å². The van der Waals surface area contributed by atoms with Crippen LogP contribution in [-0.2, 0) is 9.59 Å². The number of hydrogen-bond acceptors (Lipinski definition) is 2. The molecule has 0 heterocycles. The molecule has 1 aromatic rings. The Morgan fingerprint density at radius 2 is 1.75 bits per heavy atom. The highest BCUT2D eigenvalue weighted by molar-refractivity contribution is 6.30. The van der Waals surface area contributed by atoms with E-state index < -0.39 is 0 Å². The highest BCUT2D eigenvalue weighted by atomic mass is 35.5. The maximum absolute atomic E-state index is 12.5. The fraction of sp³-hybridized carbons (Fsp3) is 0.600. The summed E-state index contributed by atoms with van der Waals surface area (Å²) in [7, 11) is 0. The molecule has 24 heavy (non-hydrogen) atoms. The van der Waals surface area contributed by atoms with Gasteiger partial charge in [0.15, 0.2) is 0 Å². The molecule has 1 N–H and O–H groups in total. The number of nitrogens with one attached hydrogen (secondary N) is 1. The zero-order valence-electron chi connectivity index (χ0n) is 14.6. The van der Waals surface area contributed by atoms with Gasteiger partial charge in [0.1, 0.15) is 5.78 Å². The molecule has 0 aromatic heterocycles. The van der Waals surface area contributed by atoms with E-state index in [9.17, 15) is 9.59 Å². The van der Waals surface area contributed by atoms with Gasteiger partial charge in [-0.25, -0.2) is 0 Å². The normalized spacial score (nSPS) is 16.6. The number of anilines is 1. The standard InChI is InChI=1S/C20H28ClNO2/c1-16(23)7-3-6-14-20(12-4-2-5-13-20)15-19(24)22-18-10-8-17(21)9-11-18/h8-11H,2-7,12-15H2,1H3,(H,22,24). The largest absolute Gasteiger partial charge is 0.326 e. The maximum atomic E-state index is 12.5. The zero-order chi connectivity index (χ0) is 17.4. The van der Waals surface area contributed by atoms with E-state index in [1.165, 1.54) is 19.3 Å². The third-order valence-corrected chi connectivity index (χ3v) is 5.32. The first kappa shape index (κ1) is 19.0. The Labute approximate surface area is 150 Å². The molecule has 0 radical (unpaired) electrons. The van der Waals surface area contributed by atoms with Gasteiger partial charge in [-0.2, -0.15) is 0 Å². The lowest BCUT2D eigenvalue weighted by Crippen LogP contribution is -2.30. The van der Waals surface area contributed by atoms with Crippen LogP contribution in [0.1, 0.15) is 71.1 Å². The lowest BCUT2D eigenvalue weighted by atomic mass is 9.68. The van der Waals surface area contributed by atoms with E-state index in [2.05, 4.69) is 5.32 Å². The molecule has 2 rings (SSSR count). The number of hydrogen-bond donors (Lipinski definition) is 1. The summed E-state index contributed by atoms with van der Waals surface area (Å²) in [5.74, 6) is 0.346. The molecule has 0 aliphatic heterocycles. The minimum absolute atomic E-state index is 0.0887. The average molecular weight is 350 g/mol. The van der Waals surface area contributed by atoms with Crippen LogP contribution in [0.15, 0.2) is 24.3 Å². The Bertz CT molecular complexity index is 547. The summed E-state index contributed by atoms with van der Waals surface area (Å²) in [4.78, 5) is 23.6. The fourth-order valence-corrected chi connectivity index (χ4v) is 3.90. The molecule has 0 bridgehead atoms. The number of amides is 1. The lowest BCUT2D eigenvalue weighted by molar-refractivity contribution is -0.119. The van der Waals surface area contributed by atoms with Gasteiger partial charge in [0.2, 0.25) is 5.91 Å². The summed E-state index contributed by atoms with van der Waals surface area (Å²) in [5.41, 5.74) is 0.915. The van der Waals surface area contributed by atoms with Gasteiger partial charge in [-0.05, 0) is 62.3 Å². The monoisotopic (exact) mass is 349 g/mol. The molecule has 1 aliphatic carbocycles. The van der Waals surface area contributed by atoms with Crippen molar-refractivity contribution in [2.45, 2.75) is 71.1 Å². The van der Waals surface area contributed by atoms with Gasteiger partial charge in [0.25, 0.3) is 0 Å². The Hall–Kier alpha value is -1.35. The van der Waals surface area contributed by atoms with Gasteiger partial charge >= 0.3 is 0 Å². The van der Waals surface area contributed by atoms with Crippen molar-refractivity contribution in [1.29, 1.82) is 0 Å². The molecular weight excluding hydrogens is 322 g/mol. The molecule has 0 saturated heterocycles. The highest BCUT2D eigenvalue weighted by Crippen LogP contribution is 2.43. The molecule has 4 heteroatoms. The average Bonchev–Trinajstić information content (AvgIpc) is 2.54. The van der Waals surface area contributed by atoms with E-state index in [4.69, 9.17) is 11.6 Å². The molecule has 3 nitrogen and oxygen atoms in total. The fourth-order valence-electron chi connectivity index (χ4n) is 3.77. The molecule has 1 aromatic carbocycles. The molecule has 1 amide bonds. The van der Waals surface area contributed by atoms with Crippen molar-refractivity contribution >= 4 is 29.0 Å². The van der Waals surface area contributed by atoms with Crippen molar-refractivity contribution in [2.24, 2.45) is 5.41 Å². The Kier molecular flexibility index (Phi) is 7.29. The quantitative estimate of drug-likeness (QED) is 0.605. The van der Waals surface area contributed by atoms with Crippen LogP contribution in [0.3, 0.4) is 0 Å². The number of benzene rings is 1. The smallest absolute Gasteiger partial charge is 0.224 e. The van der Waals surface area contributed by atoms with Crippen molar-refractivity contribution < 1.29 is 9.59 Å². The van der Waals surface area contributed by atoms with Crippen LogP contribution in [0.25, 0.3) is 0 Å². The molecule has 0 atom stereocenters. The third kappa shape index (κ3) is 6.27. The van der Waals surface area contributed by atoms with E-state index in [1.54, 1.807) is 19.1 Å². The van der Waals surface area contributed by atoms with Crippen LogP contribution in [0.2, 0.25) is 5.02 Å². The summed E-state index contributed by atoms with van der Waals surface area (Å²) in [6, 6.07) is 7.24. The summed E-state index contributed by atoms with van der Waals surface area (Å²) in [6.07, 6.45) is 10.2. The third-order valence-electron chi connectivity index (χ3n) is 5.06. The summed E-state index contributed by atoms with van der Waals surface area (Å²) in [5, 5.41) is 3.67. The van der Waals surface area contributed by atoms with Crippen molar-refractivity contribution in [2.75, 3.05) is 5.32 Å². The molecule has 0 spiro atoms. The van der Waals surface area contributed by atoms with Crippen molar-refractivity contribution in [3.8, 4) is 0 Å². The molecule has 1 fully saturated rings. The Balaban J connectivity index is 1.90. The molecular formula is C20H28ClNO2. The second-order valence-electron chi connectivity index (χ2n) is 7.20. The predicted molar refractivity (Wildman–Crippen MR) is 99.4 cm³/mol. The number of carbonyl (C=O) groups is 2. The van der Waals surface area contributed by atoms with Crippen LogP contribution >= 0.6 is 11.6 Å². The first-order chi connectivity index (χ1) is 11.5. The summed E-state index contributed by atoms with van der Waals surface area (Å²) in [6.45, 7) is 1.65. The number of unbranched alkanes of at least 4 members (excludes halogenated alkanes) is 1. The van der Waals surface area contributed by atoms with Gasteiger partial charge in [-0.15, -0.1) is 0 Å². The summed E-state index contributed by atoms with van der Waals surface area (Å²) >= 11 is 5.88. The van der Waals surface area contributed by atoms with Gasteiger partial charge < -0.3 is 10.1 Å². The lowest BCUT2D eigenvalue weighted by Gasteiger charge is -2.37. The second-order valence-corrected chi connectivity index (χ2v) is 7.64. The number of Topliss-reactive ketones (excluding diaryl/α,β-unsaturated/α-hetero) is 1. The van der Waals surface area contributed by atoms with Crippen LogP contribution in [-0.4, -0.2) is 11.7 Å². The van der Waals surface area contributed by atoms with E-state index in [1.807, 2.05) is 12.1 Å². The van der Waals surface area contributed by atoms with Crippen molar-refractivity contribution in [1.82, 2.24) is 0 Å². The Morgan fingerprint density at radius 1 is 1.08 bits per heavy atom. The number of halogens is 1. The first-order valence-corrected chi connectivity index (χ1v) is 9.42. The zero-order valence-corrected chi connectivity index (χ0v) is 15.3. The maximum Gasteiger partial charge on any atom is 0.224 e. The van der Waals surface area contributed by atoms with E-state index in [-0.39, 0.29) is 17.1 Å². The van der Waals surface area contributed by atoms with Gasteiger partial charge in [0, 0.05) is 23.6 Å². The summed E-state index contributed by atoms with van der Waals surface area (Å²) < 4.78 is 0. The van der Waals surface area contributed by atoms with Gasteiger partial charge in [-0.1, -0.05) is 37.3 Å². The number of carbonyl (C=O) groups excluding carboxylic acids is 2. The van der Waals surface area contributed by atoms with Crippen molar-refractivity contribution in [3.63, 3.8) is 0 Å². The van der Waals surface area contributed by atoms with Crippen LogP contribution in [0, 0.1) is 5.41 Å². The highest BCUT2D eigenvalue weighted by Gasteiger charge is 2.33. The van der Waals surface area contributed by atoms with Crippen LogP contribution < -0.4 is 5.32 Å². The van der Waals surface area contributed by atoms with Gasteiger partial charge in [-0.3, -0.25) is 4.79 Å². The van der Waals surface area contributed by atoms with Gasteiger partial charge in [0.05, 0.1) is 0 Å². The van der Waals surface area contributed by atoms with E-state index in [0.717, 1.165) is 37.8 Å². The number of rotatable bonds is 8. The van der Waals surface area contributed by atoms with E-state index in [0.29, 0.717) is 17.9 Å². The molecule has 1 aliphatic rings. The van der Waals surface area contributed by atoms with Crippen molar-refractivity contribution in [3.05, 3.63) is 29.3 Å². The minimum atomic E-state index is 0.0887. The first-order valence-electron chi connectivity index (χ1n) is 9.04. The molecule has 0 unspecified atom stereocenters. The minimum Gasteiger partial charge on any atom is -0.326 e. The van der Waals surface area contributed by atoms with Crippen LogP contribution in [0.4, 0.5) is 5.69 Å². The Morgan fingerprint density at radius 3 is 2.38 bits per heavy atom.